The van der Waals surface area contributed by atoms with Gasteiger partial charge in [-0.2, -0.15) is 4.98 Å². The highest BCUT2D eigenvalue weighted by atomic mass is 16.5. The van der Waals surface area contributed by atoms with Crippen LogP contribution in [0.3, 0.4) is 0 Å². The van der Waals surface area contributed by atoms with Crippen LogP contribution in [0.4, 0.5) is 0 Å². The van der Waals surface area contributed by atoms with Crippen LogP contribution in [0.15, 0.2) is 4.52 Å². The van der Waals surface area contributed by atoms with Crippen LogP contribution in [0, 0.1) is 0 Å². The monoisotopic (exact) mass is 279 g/mol. The van der Waals surface area contributed by atoms with Crippen LogP contribution in [-0.4, -0.2) is 38.7 Å². The lowest BCUT2D eigenvalue weighted by atomic mass is 9.98. The third-order valence-electron chi connectivity index (χ3n) is 4.21. The van der Waals surface area contributed by atoms with E-state index in [1.807, 2.05) is 0 Å². The van der Waals surface area contributed by atoms with Crippen molar-refractivity contribution in [1.82, 2.24) is 15.0 Å². The lowest BCUT2D eigenvalue weighted by molar-refractivity contribution is -0.137. The molecular formula is C14H21N3O3. The first-order valence-corrected chi connectivity index (χ1v) is 7.50. The average molecular weight is 279 g/mol. The zero-order valence-corrected chi connectivity index (χ0v) is 11.6. The second-order valence-electron chi connectivity index (χ2n) is 5.87. The third kappa shape index (κ3) is 3.36. The fourth-order valence-electron chi connectivity index (χ4n) is 2.90. The number of hydrogen-bond donors (Lipinski definition) is 1. The zero-order chi connectivity index (χ0) is 13.9. The van der Waals surface area contributed by atoms with Crippen molar-refractivity contribution in [3.63, 3.8) is 0 Å². The summed E-state index contributed by atoms with van der Waals surface area (Å²) in [6, 6.07) is 0.330. The van der Waals surface area contributed by atoms with Gasteiger partial charge in [-0.15, -0.1) is 0 Å². The molecule has 0 amide bonds. The van der Waals surface area contributed by atoms with Gasteiger partial charge in [-0.1, -0.05) is 11.6 Å². The summed E-state index contributed by atoms with van der Waals surface area (Å²) in [6.45, 7) is 1.65. The zero-order valence-electron chi connectivity index (χ0n) is 11.6. The second kappa shape index (κ2) is 5.91. The van der Waals surface area contributed by atoms with Gasteiger partial charge in [-0.05, 0) is 38.6 Å². The van der Waals surface area contributed by atoms with Crippen LogP contribution in [0.25, 0.3) is 0 Å². The summed E-state index contributed by atoms with van der Waals surface area (Å²) in [5.41, 5.74) is 0. The smallest absolute Gasteiger partial charge is 0.303 e. The molecule has 1 saturated carbocycles. The van der Waals surface area contributed by atoms with Crippen LogP contribution in [-0.2, 0) is 11.3 Å². The molecule has 1 aromatic heterocycles. The number of carboxylic acid groups (broad SMARTS) is 1. The van der Waals surface area contributed by atoms with Gasteiger partial charge in [0.05, 0.1) is 6.54 Å². The lowest BCUT2D eigenvalue weighted by Crippen LogP contribution is -2.39. The highest BCUT2D eigenvalue weighted by Crippen LogP contribution is 2.38. The van der Waals surface area contributed by atoms with Crippen LogP contribution in [0.5, 0.6) is 0 Å². The van der Waals surface area contributed by atoms with Gasteiger partial charge in [0.2, 0.25) is 5.89 Å². The van der Waals surface area contributed by atoms with E-state index in [-0.39, 0.29) is 6.42 Å². The van der Waals surface area contributed by atoms with Crippen molar-refractivity contribution in [2.45, 2.75) is 63.5 Å². The first kappa shape index (κ1) is 13.5. The molecule has 2 heterocycles. The molecule has 1 aliphatic carbocycles. The van der Waals surface area contributed by atoms with Crippen molar-refractivity contribution in [2.75, 3.05) is 6.54 Å². The molecule has 0 aromatic carbocycles. The van der Waals surface area contributed by atoms with Crippen molar-refractivity contribution in [1.29, 1.82) is 0 Å². The van der Waals surface area contributed by atoms with Crippen molar-refractivity contribution in [3.05, 3.63) is 11.7 Å². The number of rotatable bonds is 6. The molecule has 1 unspecified atom stereocenters. The summed E-state index contributed by atoms with van der Waals surface area (Å²) < 4.78 is 5.32. The summed E-state index contributed by atoms with van der Waals surface area (Å²) in [6.07, 6.45) is 6.69. The molecule has 1 atom stereocenters. The maximum Gasteiger partial charge on any atom is 0.303 e. The Morgan fingerprint density at radius 3 is 2.95 bits per heavy atom. The molecule has 1 saturated heterocycles. The summed E-state index contributed by atoms with van der Waals surface area (Å²) in [4.78, 5) is 17.5. The number of aromatic nitrogens is 2. The molecule has 6 nitrogen and oxygen atoms in total. The molecule has 6 heteroatoms. The minimum absolute atomic E-state index is 0.234. The first-order chi connectivity index (χ1) is 9.72. The number of hydrogen-bond acceptors (Lipinski definition) is 5. The van der Waals surface area contributed by atoms with E-state index in [2.05, 4.69) is 15.0 Å². The maximum atomic E-state index is 10.7. The van der Waals surface area contributed by atoms with E-state index in [4.69, 9.17) is 9.63 Å². The van der Waals surface area contributed by atoms with Gasteiger partial charge in [-0.3, -0.25) is 9.69 Å². The molecule has 1 aliphatic heterocycles. The van der Waals surface area contributed by atoms with Crippen LogP contribution >= 0.6 is 0 Å². The van der Waals surface area contributed by atoms with E-state index in [9.17, 15) is 4.79 Å². The summed E-state index contributed by atoms with van der Waals surface area (Å²) in [5.74, 6) is 1.31. The van der Waals surface area contributed by atoms with Gasteiger partial charge in [0.1, 0.15) is 0 Å². The van der Waals surface area contributed by atoms with Crippen LogP contribution < -0.4 is 0 Å². The van der Waals surface area contributed by atoms with Gasteiger partial charge in [0.15, 0.2) is 5.82 Å². The fraction of sp³-hybridized carbons (Fsp3) is 0.786. The predicted molar refractivity (Wildman–Crippen MR) is 71.2 cm³/mol. The number of nitrogens with zero attached hydrogens (tertiary/aromatic N) is 3. The summed E-state index contributed by atoms with van der Waals surface area (Å²) in [5, 5.41) is 12.9. The number of carbonyl (C=O) groups is 1. The largest absolute Gasteiger partial charge is 0.481 e. The number of piperidine rings is 1. The first-order valence-electron chi connectivity index (χ1n) is 7.50. The standard InChI is InChI=1S/C14H21N3O3/c18-13(19)7-6-11-3-1-2-8-17(11)9-12-15-14(16-20-12)10-4-5-10/h10-11H,1-9H2,(H,18,19). The Bertz CT molecular complexity index is 470. The van der Waals surface area contributed by atoms with Gasteiger partial charge < -0.3 is 9.63 Å². The lowest BCUT2D eigenvalue weighted by Gasteiger charge is -2.34. The van der Waals surface area contributed by atoms with E-state index in [0.717, 1.165) is 25.2 Å². The molecule has 110 valence electrons. The average Bonchev–Trinajstić information content (AvgIpc) is 3.18. The predicted octanol–water partition coefficient (Wildman–Crippen LogP) is 2.17. The Labute approximate surface area is 118 Å². The normalized spacial score (nSPS) is 23.9. The molecule has 0 bridgehead atoms. The topological polar surface area (TPSA) is 79.5 Å². The molecule has 20 heavy (non-hydrogen) atoms. The summed E-state index contributed by atoms with van der Waals surface area (Å²) in [7, 11) is 0. The Morgan fingerprint density at radius 1 is 1.35 bits per heavy atom. The molecular weight excluding hydrogens is 258 g/mol. The fourth-order valence-corrected chi connectivity index (χ4v) is 2.90. The molecule has 2 aliphatic rings. The minimum atomic E-state index is -0.718. The second-order valence-corrected chi connectivity index (χ2v) is 5.87. The number of carboxylic acids is 1. The molecule has 1 aromatic rings. The van der Waals surface area contributed by atoms with Crippen molar-refractivity contribution < 1.29 is 14.4 Å². The Balaban J connectivity index is 1.58. The van der Waals surface area contributed by atoms with Gasteiger partial charge in [0, 0.05) is 18.4 Å². The SMILES string of the molecule is O=C(O)CCC1CCCCN1Cc1nc(C2CC2)no1. The van der Waals surface area contributed by atoms with Crippen LogP contribution in [0.1, 0.15) is 62.6 Å². The van der Waals surface area contributed by atoms with Crippen molar-refractivity contribution in [2.24, 2.45) is 0 Å². The summed E-state index contributed by atoms with van der Waals surface area (Å²) >= 11 is 0. The van der Waals surface area contributed by atoms with E-state index in [0.29, 0.717) is 30.8 Å². The van der Waals surface area contributed by atoms with E-state index in [1.54, 1.807) is 0 Å². The highest BCUT2D eigenvalue weighted by molar-refractivity contribution is 5.66. The molecule has 0 radical (unpaired) electrons. The Kier molecular flexibility index (Phi) is 4.00. The van der Waals surface area contributed by atoms with Crippen molar-refractivity contribution in [3.8, 4) is 0 Å². The number of aliphatic carboxylic acids is 1. The van der Waals surface area contributed by atoms with Gasteiger partial charge >= 0.3 is 5.97 Å². The Morgan fingerprint density at radius 2 is 2.20 bits per heavy atom. The van der Waals surface area contributed by atoms with E-state index < -0.39 is 5.97 Å². The van der Waals surface area contributed by atoms with Gasteiger partial charge in [0.25, 0.3) is 0 Å². The number of likely N-dealkylation sites (tertiary alicyclic amines) is 1. The quantitative estimate of drug-likeness (QED) is 0.859. The van der Waals surface area contributed by atoms with Crippen LogP contribution in [0.2, 0.25) is 0 Å². The molecule has 3 rings (SSSR count). The third-order valence-corrected chi connectivity index (χ3v) is 4.21. The minimum Gasteiger partial charge on any atom is -0.481 e. The molecule has 0 spiro atoms. The van der Waals surface area contributed by atoms with Gasteiger partial charge in [-0.25, -0.2) is 0 Å². The van der Waals surface area contributed by atoms with E-state index in [1.165, 1.54) is 19.3 Å². The van der Waals surface area contributed by atoms with Crippen molar-refractivity contribution >= 4 is 5.97 Å². The Hall–Kier alpha value is -1.43. The maximum absolute atomic E-state index is 10.7. The molecule has 2 fully saturated rings. The molecule has 1 N–H and O–H groups in total. The van der Waals surface area contributed by atoms with E-state index >= 15 is 0 Å². The highest BCUT2D eigenvalue weighted by Gasteiger charge is 2.30.